The normalized spacial score (nSPS) is 12.7. The standard InChI is InChI=1S/C14H14BrF2NS/c1-8-5-10(15)14(19-8)13(18-2)7-9-3-4-11(16)12(17)6-9/h3-6,13,18H,7H2,1-2H3. The van der Waals surface area contributed by atoms with Crippen molar-refractivity contribution in [2.45, 2.75) is 19.4 Å². The first kappa shape index (κ1) is 14.6. The van der Waals surface area contributed by atoms with Gasteiger partial charge in [0.05, 0.1) is 0 Å². The number of hydrogen-bond acceptors (Lipinski definition) is 2. The molecule has 0 spiro atoms. The minimum Gasteiger partial charge on any atom is -0.312 e. The van der Waals surface area contributed by atoms with E-state index in [1.165, 1.54) is 21.9 Å². The van der Waals surface area contributed by atoms with Crippen molar-refractivity contribution in [2.24, 2.45) is 0 Å². The summed E-state index contributed by atoms with van der Waals surface area (Å²) in [5, 5.41) is 3.22. The van der Waals surface area contributed by atoms with Gasteiger partial charge < -0.3 is 5.32 Å². The lowest BCUT2D eigenvalue weighted by atomic mass is 10.0. The summed E-state index contributed by atoms with van der Waals surface area (Å²) in [5.74, 6) is -1.60. The highest BCUT2D eigenvalue weighted by Gasteiger charge is 2.16. The molecule has 1 aromatic carbocycles. The number of halogens is 3. The second-order valence-corrected chi connectivity index (χ2v) is 6.51. The van der Waals surface area contributed by atoms with E-state index in [0.717, 1.165) is 10.0 Å². The molecule has 1 unspecified atom stereocenters. The van der Waals surface area contributed by atoms with Crippen LogP contribution in [0.5, 0.6) is 0 Å². The molecular weight excluding hydrogens is 332 g/mol. The molecule has 102 valence electrons. The van der Waals surface area contributed by atoms with Gasteiger partial charge in [-0.15, -0.1) is 11.3 Å². The van der Waals surface area contributed by atoms with E-state index < -0.39 is 11.6 Å². The van der Waals surface area contributed by atoms with Crippen molar-refractivity contribution in [3.8, 4) is 0 Å². The molecule has 1 aromatic heterocycles. The van der Waals surface area contributed by atoms with Gasteiger partial charge in [-0.3, -0.25) is 0 Å². The summed E-state index contributed by atoms with van der Waals surface area (Å²) < 4.78 is 27.2. The maximum absolute atomic E-state index is 13.2. The number of benzene rings is 1. The van der Waals surface area contributed by atoms with Crippen molar-refractivity contribution < 1.29 is 8.78 Å². The Bertz CT molecular complexity index is 583. The number of aryl methyl sites for hydroxylation is 1. The van der Waals surface area contributed by atoms with Gasteiger partial charge in [0.1, 0.15) is 0 Å². The monoisotopic (exact) mass is 345 g/mol. The van der Waals surface area contributed by atoms with Crippen LogP contribution in [0.1, 0.15) is 21.4 Å². The van der Waals surface area contributed by atoms with Gasteiger partial charge in [0.25, 0.3) is 0 Å². The number of hydrogen-bond donors (Lipinski definition) is 1. The SMILES string of the molecule is CNC(Cc1ccc(F)c(F)c1)c1sc(C)cc1Br. The Morgan fingerprint density at radius 1 is 1.26 bits per heavy atom. The molecule has 2 rings (SSSR count). The number of nitrogens with one attached hydrogen (secondary N) is 1. The van der Waals surface area contributed by atoms with Gasteiger partial charge in [0.15, 0.2) is 11.6 Å². The summed E-state index contributed by atoms with van der Waals surface area (Å²) >= 11 is 5.23. The molecule has 0 saturated heterocycles. The molecular formula is C14H14BrF2NS. The molecule has 19 heavy (non-hydrogen) atoms. The zero-order chi connectivity index (χ0) is 14.0. The van der Waals surface area contributed by atoms with E-state index in [1.807, 2.05) is 14.0 Å². The van der Waals surface area contributed by atoms with E-state index in [2.05, 4.69) is 27.3 Å². The Morgan fingerprint density at radius 3 is 2.53 bits per heavy atom. The van der Waals surface area contributed by atoms with Crippen LogP contribution in [0.2, 0.25) is 0 Å². The van der Waals surface area contributed by atoms with Gasteiger partial charge in [-0.1, -0.05) is 6.07 Å². The van der Waals surface area contributed by atoms with E-state index in [0.29, 0.717) is 6.42 Å². The van der Waals surface area contributed by atoms with E-state index in [9.17, 15) is 8.78 Å². The second-order valence-electron chi connectivity index (χ2n) is 4.36. The Morgan fingerprint density at radius 2 is 2.00 bits per heavy atom. The van der Waals surface area contributed by atoms with Crippen LogP contribution in [-0.4, -0.2) is 7.05 Å². The molecule has 0 fully saturated rings. The van der Waals surface area contributed by atoms with Gasteiger partial charge in [-0.25, -0.2) is 8.78 Å². The highest BCUT2D eigenvalue weighted by atomic mass is 79.9. The van der Waals surface area contributed by atoms with E-state index in [4.69, 9.17) is 0 Å². The summed E-state index contributed by atoms with van der Waals surface area (Å²) in [6, 6.07) is 6.20. The molecule has 1 heterocycles. The fourth-order valence-corrected chi connectivity index (χ4v) is 4.00. The lowest BCUT2D eigenvalue weighted by Gasteiger charge is -2.15. The highest BCUT2D eigenvalue weighted by Crippen LogP contribution is 2.33. The molecule has 5 heteroatoms. The first-order chi connectivity index (χ1) is 9.01. The molecule has 0 radical (unpaired) electrons. The van der Waals surface area contributed by atoms with Crippen LogP contribution in [0.15, 0.2) is 28.7 Å². The topological polar surface area (TPSA) is 12.0 Å². The third-order valence-corrected chi connectivity index (χ3v) is 5.01. The Labute approximate surface area is 123 Å². The first-order valence-electron chi connectivity index (χ1n) is 5.88. The van der Waals surface area contributed by atoms with Crippen molar-refractivity contribution in [3.63, 3.8) is 0 Å². The summed E-state index contributed by atoms with van der Waals surface area (Å²) in [4.78, 5) is 2.39. The fourth-order valence-electron chi connectivity index (χ4n) is 1.97. The average molecular weight is 346 g/mol. The first-order valence-corrected chi connectivity index (χ1v) is 7.49. The van der Waals surface area contributed by atoms with E-state index in [1.54, 1.807) is 17.4 Å². The van der Waals surface area contributed by atoms with Gasteiger partial charge in [-0.05, 0) is 60.1 Å². The predicted molar refractivity (Wildman–Crippen MR) is 78.6 cm³/mol. The molecule has 0 saturated carbocycles. The molecule has 0 bridgehead atoms. The van der Waals surface area contributed by atoms with Crippen LogP contribution in [0.4, 0.5) is 8.78 Å². The third-order valence-electron chi connectivity index (χ3n) is 2.93. The van der Waals surface area contributed by atoms with Crippen molar-refractivity contribution in [1.29, 1.82) is 0 Å². The van der Waals surface area contributed by atoms with Gasteiger partial charge in [0.2, 0.25) is 0 Å². The summed E-state index contributed by atoms with van der Waals surface area (Å²) in [5.41, 5.74) is 0.774. The van der Waals surface area contributed by atoms with Crippen molar-refractivity contribution in [1.82, 2.24) is 5.32 Å². The largest absolute Gasteiger partial charge is 0.312 e. The number of rotatable bonds is 4. The quantitative estimate of drug-likeness (QED) is 0.853. The lowest BCUT2D eigenvalue weighted by Crippen LogP contribution is -2.18. The Hall–Kier alpha value is -0.780. The van der Waals surface area contributed by atoms with Crippen molar-refractivity contribution >= 4 is 27.3 Å². The molecule has 1 atom stereocenters. The minimum atomic E-state index is -0.807. The number of likely N-dealkylation sites (N-methyl/N-ethyl adjacent to an activating group) is 1. The highest BCUT2D eigenvalue weighted by molar-refractivity contribution is 9.10. The molecule has 2 aromatic rings. The van der Waals surface area contributed by atoms with Crippen molar-refractivity contribution in [2.75, 3.05) is 7.05 Å². The van der Waals surface area contributed by atoms with E-state index in [-0.39, 0.29) is 6.04 Å². The second kappa shape index (κ2) is 6.11. The smallest absolute Gasteiger partial charge is 0.159 e. The average Bonchev–Trinajstić information content (AvgIpc) is 2.70. The van der Waals surface area contributed by atoms with Crippen molar-refractivity contribution in [3.05, 3.63) is 55.7 Å². The Kier molecular flexibility index (Phi) is 4.71. The molecule has 0 aliphatic heterocycles. The predicted octanol–water partition coefficient (Wildman–Crippen LogP) is 4.60. The van der Waals surface area contributed by atoms with Crippen LogP contribution < -0.4 is 5.32 Å². The maximum atomic E-state index is 13.2. The summed E-state index contributed by atoms with van der Waals surface area (Å²) in [7, 11) is 1.87. The molecule has 1 nitrogen and oxygen atoms in total. The van der Waals surface area contributed by atoms with Crippen LogP contribution in [-0.2, 0) is 6.42 Å². The summed E-state index contributed by atoms with van der Waals surface area (Å²) in [6.45, 7) is 2.04. The zero-order valence-electron chi connectivity index (χ0n) is 10.6. The van der Waals surface area contributed by atoms with Crippen LogP contribution in [0.3, 0.4) is 0 Å². The lowest BCUT2D eigenvalue weighted by molar-refractivity contribution is 0.505. The van der Waals surface area contributed by atoms with E-state index >= 15 is 0 Å². The third kappa shape index (κ3) is 3.41. The van der Waals surface area contributed by atoms with Gasteiger partial charge >= 0.3 is 0 Å². The maximum Gasteiger partial charge on any atom is 0.159 e. The minimum absolute atomic E-state index is 0.0814. The molecule has 0 aliphatic carbocycles. The van der Waals surface area contributed by atoms with Crippen LogP contribution in [0.25, 0.3) is 0 Å². The van der Waals surface area contributed by atoms with Gasteiger partial charge in [-0.2, -0.15) is 0 Å². The molecule has 0 amide bonds. The fraction of sp³-hybridized carbons (Fsp3) is 0.286. The van der Waals surface area contributed by atoms with Crippen LogP contribution >= 0.6 is 27.3 Å². The summed E-state index contributed by atoms with van der Waals surface area (Å²) in [6.07, 6.45) is 0.617. The van der Waals surface area contributed by atoms with Gasteiger partial charge in [0, 0.05) is 20.3 Å². The Balaban J connectivity index is 2.23. The molecule has 0 aliphatic rings. The zero-order valence-corrected chi connectivity index (χ0v) is 13.0. The number of thiophene rings is 1. The molecule has 1 N–H and O–H groups in total. The van der Waals surface area contributed by atoms with Crippen LogP contribution in [0, 0.1) is 18.6 Å².